The second-order valence-corrected chi connectivity index (χ2v) is 5.11. The Labute approximate surface area is 130 Å². The van der Waals surface area contributed by atoms with Crippen LogP contribution in [0.5, 0.6) is 5.75 Å². The zero-order valence-corrected chi connectivity index (χ0v) is 13.4. The van der Waals surface area contributed by atoms with Crippen molar-refractivity contribution < 1.29 is 9.53 Å². The van der Waals surface area contributed by atoms with E-state index >= 15 is 0 Å². The molecule has 1 aromatic carbocycles. The zero-order valence-electron chi connectivity index (χ0n) is 11.8. The van der Waals surface area contributed by atoms with Crippen molar-refractivity contribution in [3.05, 3.63) is 28.2 Å². The minimum absolute atomic E-state index is 0.272. The number of amides is 1. The molecule has 1 amide bonds. The summed E-state index contributed by atoms with van der Waals surface area (Å²) in [5.41, 5.74) is 0.497. The summed E-state index contributed by atoms with van der Waals surface area (Å²) in [7, 11) is 0. The molecule has 2 aromatic rings. The minimum Gasteiger partial charge on any atom is -0.493 e. The fourth-order valence-corrected chi connectivity index (χ4v) is 2.24. The molecular weight excluding hydrogens is 338 g/mol. The number of halogens is 1. The average Bonchev–Trinajstić information content (AvgIpc) is 2.89. The lowest BCUT2D eigenvalue weighted by atomic mass is 10.2. The lowest BCUT2D eigenvalue weighted by Crippen LogP contribution is -2.16. The van der Waals surface area contributed by atoms with Crippen molar-refractivity contribution in [3.8, 4) is 5.75 Å². The summed E-state index contributed by atoms with van der Waals surface area (Å²) in [4.78, 5) is 12.2. The van der Waals surface area contributed by atoms with Gasteiger partial charge in [0.1, 0.15) is 5.75 Å². The highest BCUT2D eigenvalue weighted by molar-refractivity contribution is 9.10. The number of carbonyl (C=O) groups excluding carboxylic acids is 1. The van der Waals surface area contributed by atoms with Gasteiger partial charge in [-0.3, -0.25) is 10.1 Å². The van der Waals surface area contributed by atoms with Crippen molar-refractivity contribution in [3.63, 3.8) is 0 Å². The van der Waals surface area contributed by atoms with Gasteiger partial charge in [0.05, 0.1) is 11.1 Å². The van der Waals surface area contributed by atoms with Crippen LogP contribution < -0.4 is 10.1 Å². The van der Waals surface area contributed by atoms with Crippen LogP contribution in [0.1, 0.15) is 30.6 Å². The van der Waals surface area contributed by atoms with Crippen molar-refractivity contribution in [1.82, 2.24) is 20.2 Å². The molecule has 0 saturated heterocycles. The molecule has 0 aliphatic rings. The standard InChI is InChI=1S/C13H16BrN5O2/c1-3-7-19-13(16-17-18-19)15-12(20)9-5-6-11(21-4-2)10(14)8-9/h5-6,8H,3-4,7H2,1-2H3,(H,15,16,18,20). The summed E-state index contributed by atoms with van der Waals surface area (Å²) in [5.74, 6) is 0.766. The molecule has 0 unspecified atom stereocenters. The first-order chi connectivity index (χ1) is 10.2. The van der Waals surface area contributed by atoms with Crippen LogP contribution in [0.15, 0.2) is 22.7 Å². The summed E-state index contributed by atoms with van der Waals surface area (Å²) in [6.07, 6.45) is 0.877. The van der Waals surface area contributed by atoms with Crippen LogP contribution in [-0.2, 0) is 6.54 Å². The molecule has 0 aliphatic carbocycles. The third kappa shape index (κ3) is 3.78. The number of anilines is 1. The first-order valence-electron chi connectivity index (χ1n) is 6.65. The number of tetrazole rings is 1. The molecule has 2 rings (SSSR count). The van der Waals surface area contributed by atoms with Crippen LogP contribution in [-0.4, -0.2) is 32.7 Å². The van der Waals surface area contributed by atoms with Gasteiger partial charge in [0, 0.05) is 12.1 Å². The molecule has 0 saturated carbocycles. The Morgan fingerprint density at radius 2 is 2.24 bits per heavy atom. The Hall–Kier alpha value is -1.96. The van der Waals surface area contributed by atoms with E-state index in [0.29, 0.717) is 30.4 Å². The fraction of sp³-hybridized carbons (Fsp3) is 0.385. The molecule has 1 aromatic heterocycles. The lowest BCUT2D eigenvalue weighted by Gasteiger charge is -2.08. The molecule has 1 N–H and O–H groups in total. The lowest BCUT2D eigenvalue weighted by molar-refractivity contribution is 0.102. The van der Waals surface area contributed by atoms with Gasteiger partial charge < -0.3 is 4.74 Å². The molecule has 8 heteroatoms. The predicted octanol–water partition coefficient (Wildman–Crippen LogP) is 2.50. The minimum atomic E-state index is -0.272. The van der Waals surface area contributed by atoms with Gasteiger partial charge in [0.25, 0.3) is 5.91 Å². The zero-order chi connectivity index (χ0) is 15.2. The Kier molecular flexibility index (Phi) is 5.26. The third-order valence-corrected chi connectivity index (χ3v) is 3.31. The molecule has 0 atom stereocenters. The largest absolute Gasteiger partial charge is 0.493 e. The first kappa shape index (κ1) is 15.4. The predicted molar refractivity (Wildman–Crippen MR) is 81.4 cm³/mol. The first-order valence-corrected chi connectivity index (χ1v) is 7.44. The molecule has 0 radical (unpaired) electrons. The number of nitrogens with one attached hydrogen (secondary N) is 1. The van der Waals surface area contributed by atoms with E-state index in [0.717, 1.165) is 10.9 Å². The van der Waals surface area contributed by atoms with Crippen LogP contribution in [0.4, 0.5) is 5.95 Å². The van der Waals surface area contributed by atoms with E-state index < -0.39 is 0 Å². The third-order valence-electron chi connectivity index (χ3n) is 2.69. The number of carbonyl (C=O) groups is 1. The molecular formula is C13H16BrN5O2. The number of nitrogens with zero attached hydrogens (tertiary/aromatic N) is 4. The molecule has 21 heavy (non-hydrogen) atoms. The number of ether oxygens (including phenoxy) is 1. The highest BCUT2D eigenvalue weighted by Gasteiger charge is 2.13. The monoisotopic (exact) mass is 353 g/mol. The van der Waals surface area contributed by atoms with E-state index in [1.165, 1.54) is 0 Å². The smallest absolute Gasteiger partial charge is 0.258 e. The number of hydrogen-bond donors (Lipinski definition) is 1. The van der Waals surface area contributed by atoms with Gasteiger partial charge in [-0.25, -0.2) is 4.68 Å². The normalized spacial score (nSPS) is 10.4. The number of aromatic nitrogens is 4. The average molecular weight is 354 g/mol. The van der Waals surface area contributed by atoms with Crippen molar-refractivity contribution in [2.75, 3.05) is 11.9 Å². The molecule has 0 spiro atoms. The summed E-state index contributed by atoms with van der Waals surface area (Å²) in [5, 5.41) is 13.9. The van der Waals surface area contributed by atoms with Crippen molar-refractivity contribution in [2.24, 2.45) is 0 Å². The van der Waals surface area contributed by atoms with E-state index in [4.69, 9.17) is 4.74 Å². The van der Waals surface area contributed by atoms with E-state index in [-0.39, 0.29) is 5.91 Å². The van der Waals surface area contributed by atoms with E-state index in [9.17, 15) is 4.79 Å². The Morgan fingerprint density at radius 1 is 1.43 bits per heavy atom. The van der Waals surface area contributed by atoms with Crippen LogP contribution >= 0.6 is 15.9 Å². The second-order valence-electron chi connectivity index (χ2n) is 4.26. The fourth-order valence-electron chi connectivity index (χ4n) is 1.74. The molecule has 1 heterocycles. The second kappa shape index (κ2) is 7.16. The molecule has 0 bridgehead atoms. The summed E-state index contributed by atoms with van der Waals surface area (Å²) in [6, 6.07) is 5.14. The van der Waals surface area contributed by atoms with Crippen molar-refractivity contribution in [2.45, 2.75) is 26.8 Å². The van der Waals surface area contributed by atoms with E-state index in [2.05, 4.69) is 36.8 Å². The van der Waals surface area contributed by atoms with Crippen molar-refractivity contribution in [1.29, 1.82) is 0 Å². The number of rotatable bonds is 6. The molecule has 7 nitrogen and oxygen atoms in total. The van der Waals surface area contributed by atoms with Gasteiger partial charge in [-0.1, -0.05) is 12.0 Å². The maximum Gasteiger partial charge on any atom is 0.258 e. The maximum absolute atomic E-state index is 12.2. The highest BCUT2D eigenvalue weighted by Crippen LogP contribution is 2.26. The van der Waals surface area contributed by atoms with Gasteiger partial charge in [-0.05, 0) is 57.9 Å². The van der Waals surface area contributed by atoms with Crippen LogP contribution in [0.25, 0.3) is 0 Å². The molecule has 0 fully saturated rings. The number of benzene rings is 1. The van der Waals surface area contributed by atoms with Gasteiger partial charge in [0.2, 0.25) is 5.95 Å². The highest BCUT2D eigenvalue weighted by atomic mass is 79.9. The number of hydrogen-bond acceptors (Lipinski definition) is 5. The summed E-state index contributed by atoms with van der Waals surface area (Å²) < 4.78 is 7.70. The van der Waals surface area contributed by atoms with Crippen LogP contribution in [0, 0.1) is 0 Å². The van der Waals surface area contributed by atoms with E-state index in [1.54, 1.807) is 22.9 Å². The van der Waals surface area contributed by atoms with Gasteiger partial charge in [0.15, 0.2) is 0 Å². The molecule has 112 valence electrons. The van der Waals surface area contributed by atoms with Gasteiger partial charge >= 0.3 is 0 Å². The van der Waals surface area contributed by atoms with Gasteiger partial charge in [-0.15, -0.1) is 0 Å². The van der Waals surface area contributed by atoms with Crippen LogP contribution in [0.2, 0.25) is 0 Å². The topological polar surface area (TPSA) is 81.9 Å². The SMILES string of the molecule is CCCn1nnnc1NC(=O)c1ccc(OCC)c(Br)c1. The van der Waals surface area contributed by atoms with Crippen molar-refractivity contribution >= 4 is 27.8 Å². The molecule has 0 aliphatic heterocycles. The summed E-state index contributed by atoms with van der Waals surface area (Å²) in [6.45, 7) is 5.13. The van der Waals surface area contributed by atoms with Gasteiger partial charge in [-0.2, -0.15) is 0 Å². The Bertz CT molecular complexity index is 629. The quantitative estimate of drug-likeness (QED) is 0.862. The van der Waals surface area contributed by atoms with Crippen LogP contribution in [0.3, 0.4) is 0 Å². The number of aryl methyl sites for hydroxylation is 1. The summed E-state index contributed by atoms with van der Waals surface area (Å²) >= 11 is 3.38. The Morgan fingerprint density at radius 3 is 2.90 bits per heavy atom. The van der Waals surface area contributed by atoms with E-state index in [1.807, 2.05) is 13.8 Å². The Balaban J connectivity index is 2.13. The maximum atomic E-state index is 12.2.